The number of benzene rings is 1. The van der Waals surface area contributed by atoms with E-state index in [-0.39, 0.29) is 5.91 Å². The Morgan fingerprint density at radius 1 is 1.12 bits per heavy atom. The topological polar surface area (TPSA) is 44.8 Å². The summed E-state index contributed by atoms with van der Waals surface area (Å²) in [7, 11) is 2.17. The van der Waals surface area contributed by atoms with Gasteiger partial charge in [0.1, 0.15) is 12.4 Å². The average Bonchev–Trinajstić information content (AvgIpc) is 3.08. The average molecular weight is 360 g/mol. The first-order chi connectivity index (χ1) is 12.7. The molecule has 1 aromatic carbocycles. The minimum absolute atomic E-state index is 0.00511. The van der Waals surface area contributed by atoms with E-state index in [9.17, 15) is 4.79 Å². The lowest BCUT2D eigenvalue weighted by atomic mass is 10.1. The van der Waals surface area contributed by atoms with E-state index >= 15 is 0 Å². The monoisotopic (exact) mass is 359 g/mol. The fraction of sp³-hybridized carbons (Fsp3) is 0.667. The van der Waals surface area contributed by atoms with E-state index < -0.39 is 0 Å². The van der Waals surface area contributed by atoms with E-state index in [1.54, 1.807) is 0 Å². The highest BCUT2D eigenvalue weighted by molar-refractivity contribution is 5.94. The van der Waals surface area contributed by atoms with Crippen molar-refractivity contribution in [3.05, 3.63) is 29.8 Å². The number of likely N-dealkylation sites (tertiary alicyclic amines) is 2. The number of carbonyl (C=O) groups excluding carboxylic acids is 1. The zero-order chi connectivity index (χ0) is 18.2. The zero-order valence-corrected chi connectivity index (χ0v) is 16.1. The molecule has 26 heavy (non-hydrogen) atoms. The molecule has 0 spiro atoms. The molecule has 2 saturated heterocycles. The van der Waals surface area contributed by atoms with E-state index in [0.717, 1.165) is 25.3 Å². The summed E-state index contributed by atoms with van der Waals surface area (Å²) in [5.41, 5.74) is 0.702. The lowest BCUT2D eigenvalue weighted by molar-refractivity contribution is 0.0950. The summed E-state index contributed by atoms with van der Waals surface area (Å²) in [6.07, 6.45) is 7.52. The highest BCUT2D eigenvalue weighted by atomic mass is 16.5. The van der Waals surface area contributed by atoms with Gasteiger partial charge in [0.2, 0.25) is 0 Å². The number of rotatable bonds is 8. The number of hydrogen-bond acceptors (Lipinski definition) is 4. The van der Waals surface area contributed by atoms with Crippen LogP contribution in [0.2, 0.25) is 0 Å². The molecule has 3 rings (SSSR count). The number of hydrogen-bond donors (Lipinski definition) is 1. The van der Waals surface area contributed by atoms with Crippen LogP contribution >= 0.6 is 0 Å². The van der Waals surface area contributed by atoms with Crippen molar-refractivity contribution in [1.29, 1.82) is 0 Å². The quantitative estimate of drug-likeness (QED) is 0.775. The van der Waals surface area contributed by atoms with Crippen molar-refractivity contribution in [2.45, 2.75) is 44.6 Å². The largest absolute Gasteiger partial charge is 0.492 e. The van der Waals surface area contributed by atoms with Crippen molar-refractivity contribution < 1.29 is 9.53 Å². The van der Waals surface area contributed by atoms with Crippen LogP contribution in [-0.4, -0.2) is 68.1 Å². The van der Waals surface area contributed by atoms with E-state index in [1.807, 2.05) is 24.3 Å². The molecule has 2 aliphatic rings. The maximum absolute atomic E-state index is 12.3. The number of carbonyl (C=O) groups is 1. The summed E-state index contributed by atoms with van der Waals surface area (Å²) in [5.74, 6) is 0.844. The molecule has 5 heteroatoms. The summed E-state index contributed by atoms with van der Waals surface area (Å²) in [5, 5.41) is 3.04. The van der Waals surface area contributed by atoms with Crippen LogP contribution < -0.4 is 10.1 Å². The molecule has 1 N–H and O–H groups in total. The fourth-order valence-corrected chi connectivity index (χ4v) is 3.98. The van der Waals surface area contributed by atoms with Crippen LogP contribution in [0.25, 0.3) is 0 Å². The summed E-state index contributed by atoms with van der Waals surface area (Å²) in [6, 6.07) is 8.12. The molecule has 144 valence electrons. The van der Waals surface area contributed by atoms with Crippen molar-refractivity contribution in [3.8, 4) is 5.75 Å². The molecule has 2 heterocycles. The molecule has 1 aromatic rings. The van der Waals surface area contributed by atoms with E-state index in [0.29, 0.717) is 18.2 Å². The predicted molar refractivity (Wildman–Crippen MR) is 105 cm³/mol. The van der Waals surface area contributed by atoms with Crippen molar-refractivity contribution in [2.24, 2.45) is 0 Å². The number of piperidine rings is 1. The molecule has 0 saturated carbocycles. The van der Waals surface area contributed by atoms with Crippen molar-refractivity contribution in [3.63, 3.8) is 0 Å². The molecule has 0 unspecified atom stereocenters. The Balaban J connectivity index is 1.35. The molecule has 5 nitrogen and oxygen atoms in total. The van der Waals surface area contributed by atoms with Gasteiger partial charge >= 0.3 is 0 Å². The van der Waals surface area contributed by atoms with Gasteiger partial charge in [-0.15, -0.1) is 0 Å². The lowest BCUT2D eigenvalue weighted by Gasteiger charge is -2.26. The van der Waals surface area contributed by atoms with Gasteiger partial charge in [-0.3, -0.25) is 9.69 Å². The fourth-order valence-electron chi connectivity index (χ4n) is 3.98. The van der Waals surface area contributed by atoms with Crippen molar-refractivity contribution in [1.82, 2.24) is 15.1 Å². The van der Waals surface area contributed by atoms with Gasteiger partial charge in [0.05, 0.1) is 0 Å². The highest BCUT2D eigenvalue weighted by Crippen LogP contribution is 2.17. The summed E-state index contributed by atoms with van der Waals surface area (Å²) in [4.78, 5) is 17.1. The van der Waals surface area contributed by atoms with Gasteiger partial charge in [0.15, 0.2) is 0 Å². The van der Waals surface area contributed by atoms with Crippen LogP contribution in [0.5, 0.6) is 5.75 Å². The van der Waals surface area contributed by atoms with Crippen LogP contribution in [0, 0.1) is 0 Å². The van der Waals surface area contributed by atoms with Crippen LogP contribution in [0.4, 0.5) is 0 Å². The SMILES string of the molecule is CN1CCC[C@@H]1CCNC(=O)c1ccc(OCCN2CCCCC2)cc1. The predicted octanol–water partition coefficient (Wildman–Crippen LogP) is 2.77. The Morgan fingerprint density at radius 2 is 1.88 bits per heavy atom. The van der Waals surface area contributed by atoms with Gasteiger partial charge in [-0.05, 0) is 83.1 Å². The molecule has 0 bridgehead atoms. The maximum atomic E-state index is 12.3. The Hall–Kier alpha value is -1.59. The third-order valence-corrected chi connectivity index (χ3v) is 5.68. The summed E-state index contributed by atoms with van der Waals surface area (Å²) >= 11 is 0. The number of nitrogens with one attached hydrogen (secondary N) is 1. The van der Waals surface area contributed by atoms with Crippen molar-refractivity contribution >= 4 is 5.91 Å². The molecular formula is C21H33N3O2. The first-order valence-electron chi connectivity index (χ1n) is 10.2. The number of ether oxygens (including phenoxy) is 1. The first-order valence-corrected chi connectivity index (χ1v) is 10.2. The molecule has 1 amide bonds. The molecule has 1 atom stereocenters. The van der Waals surface area contributed by atoms with E-state index in [2.05, 4.69) is 22.2 Å². The van der Waals surface area contributed by atoms with Gasteiger partial charge < -0.3 is 15.0 Å². The second kappa shape index (κ2) is 9.93. The molecule has 0 aliphatic carbocycles. The molecular weight excluding hydrogens is 326 g/mol. The van der Waals surface area contributed by atoms with Crippen LogP contribution in [0.3, 0.4) is 0 Å². The number of nitrogens with zero attached hydrogens (tertiary/aromatic N) is 2. The van der Waals surface area contributed by atoms with E-state index in [1.165, 1.54) is 51.7 Å². The van der Waals surface area contributed by atoms with Crippen LogP contribution in [0.1, 0.15) is 48.9 Å². The van der Waals surface area contributed by atoms with Crippen LogP contribution in [-0.2, 0) is 0 Å². The molecule has 0 radical (unpaired) electrons. The minimum atomic E-state index is 0.00511. The lowest BCUT2D eigenvalue weighted by Crippen LogP contribution is -2.33. The highest BCUT2D eigenvalue weighted by Gasteiger charge is 2.20. The Kier molecular flexibility index (Phi) is 7.32. The van der Waals surface area contributed by atoms with Gasteiger partial charge in [-0.25, -0.2) is 0 Å². The van der Waals surface area contributed by atoms with E-state index in [4.69, 9.17) is 4.74 Å². The van der Waals surface area contributed by atoms with Gasteiger partial charge in [0, 0.05) is 24.7 Å². The molecule has 2 fully saturated rings. The second-order valence-corrected chi connectivity index (χ2v) is 7.60. The first kappa shape index (κ1) is 19.2. The van der Waals surface area contributed by atoms with Gasteiger partial charge in [-0.2, -0.15) is 0 Å². The van der Waals surface area contributed by atoms with Crippen molar-refractivity contribution in [2.75, 3.05) is 46.4 Å². The third-order valence-electron chi connectivity index (χ3n) is 5.68. The maximum Gasteiger partial charge on any atom is 0.251 e. The zero-order valence-electron chi connectivity index (χ0n) is 16.1. The van der Waals surface area contributed by atoms with Crippen LogP contribution in [0.15, 0.2) is 24.3 Å². The Morgan fingerprint density at radius 3 is 2.58 bits per heavy atom. The Bertz CT molecular complexity index is 555. The smallest absolute Gasteiger partial charge is 0.251 e. The van der Waals surface area contributed by atoms with Gasteiger partial charge in [-0.1, -0.05) is 6.42 Å². The summed E-state index contributed by atoms with van der Waals surface area (Å²) < 4.78 is 5.83. The minimum Gasteiger partial charge on any atom is -0.492 e. The molecule has 0 aromatic heterocycles. The second-order valence-electron chi connectivity index (χ2n) is 7.60. The molecule has 2 aliphatic heterocycles. The Labute approximate surface area is 157 Å². The normalized spacial score (nSPS) is 21.7. The standard InChI is InChI=1S/C21H33N3O2/c1-23-13-5-6-19(23)11-12-22-21(25)18-7-9-20(10-8-18)26-17-16-24-14-3-2-4-15-24/h7-10,19H,2-6,11-17H2,1H3,(H,22,25)/t19-/m1/s1. The number of amides is 1. The third kappa shape index (κ3) is 5.71. The summed E-state index contributed by atoms with van der Waals surface area (Å²) in [6.45, 7) is 6.00. The van der Waals surface area contributed by atoms with Gasteiger partial charge in [0.25, 0.3) is 5.91 Å².